The molecule has 1 aliphatic carbocycles. The summed E-state index contributed by atoms with van der Waals surface area (Å²) in [5.74, 6) is -1.32. The van der Waals surface area contributed by atoms with Gasteiger partial charge in [0.15, 0.2) is 0 Å². The molecular weight excluding hydrogens is 273 g/mol. The Hall–Kier alpha value is -1.50. The zero-order chi connectivity index (χ0) is 14.9. The fourth-order valence-corrected chi connectivity index (χ4v) is 2.52. The third-order valence-electron chi connectivity index (χ3n) is 3.49. The molecule has 2 atom stereocenters. The van der Waals surface area contributed by atoms with Gasteiger partial charge in [-0.05, 0) is 32.3 Å². The molecule has 1 fully saturated rings. The highest BCUT2D eigenvalue weighted by molar-refractivity contribution is 5.79. The Kier molecular flexibility index (Phi) is 4.08. The summed E-state index contributed by atoms with van der Waals surface area (Å²) in [7, 11) is 0. The van der Waals surface area contributed by atoms with Crippen LogP contribution in [0, 0.1) is 12.8 Å². The summed E-state index contributed by atoms with van der Waals surface area (Å²) in [5, 5.41) is 2.53. The number of furan rings is 1. The Morgan fingerprint density at radius 1 is 1.50 bits per heavy atom. The van der Waals surface area contributed by atoms with Crippen molar-refractivity contribution in [2.75, 3.05) is 0 Å². The van der Waals surface area contributed by atoms with Crippen molar-refractivity contribution in [1.29, 1.82) is 0 Å². The van der Waals surface area contributed by atoms with Crippen molar-refractivity contribution in [2.24, 2.45) is 11.7 Å². The molecule has 1 aromatic rings. The van der Waals surface area contributed by atoms with Crippen molar-refractivity contribution >= 4 is 5.91 Å². The maximum Gasteiger partial charge on any atom is 0.449 e. The predicted molar refractivity (Wildman–Crippen MR) is 65.6 cm³/mol. The first-order valence-corrected chi connectivity index (χ1v) is 6.47. The molecule has 0 radical (unpaired) electrons. The lowest BCUT2D eigenvalue weighted by Gasteiger charge is -2.11. The minimum atomic E-state index is -4.55. The van der Waals surface area contributed by atoms with Crippen LogP contribution in [0.1, 0.15) is 36.3 Å². The van der Waals surface area contributed by atoms with Crippen molar-refractivity contribution in [3.05, 3.63) is 23.2 Å². The van der Waals surface area contributed by atoms with Gasteiger partial charge in [0, 0.05) is 24.1 Å². The Bertz CT molecular complexity index is 496. The van der Waals surface area contributed by atoms with E-state index in [1.54, 1.807) is 0 Å². The normalized spacial score (nSPS) is 23.1. The van der Waals surface area contributed by atoms with Gasteiger partial charge in [-0.1, -0.05) is 0 Å². The third-order valence-corrected chi connectivity index (χ3v) is 3.49. The molecule has 7 heteroatoms. The minimum absolute atomic E-state index is 0.00709. The van der Waals surface area contributed by atoms with Gasteiger partial charge in [-0.15, -0.1) is 0 Å². The van der Waals surface area contributed by atoms with Crippen LogP contribution in [0.4, 0.5) is 13.2 Å². The number of carbonyl (C=O) groups is 1. The van der Waals surface area contributed by atoms with Crippen LogP contribution in [-0.4, -0.2) is 11.9 Å². The quantitative estimate of drug-likeness (QED) is 0.898. The van der Waals surface area contributed by atoms with Gasteiger partial charge in [0.25, 0.3) is 0 Å². The Morgan fingerprint density at radius 3 is 2.75 bits per heavy atom. The molecule has 0 unspecified atom stereocenters. The minimum Gasteiger partial charge on any atom is -0.456 e. The lowest BCUT2D eigenvalue weighted by Crippen LogP contribution is -2.30. The van der Waals surface area contributed by atoms with E-state index in [-0.39, 0.29) is 35.7 Å². The summed E-state index contributed by atoms with van der Waals surface area (Å²) in [6.07, 6.45) is -2.51. The zero-order valence-electron chi connectivity index (χ0n) is 11.1. The highest BCUT2D eigenvalue weighted by Crippen LogP contribution is 2.34. The second kappa shape index (κ2) is 5.47. The Balaban J connectivity index is 1.99. The molecule has 1 heterocycles. The molecule has 112 valence electrons. The largest absolute Gasteiger partial charge is 0.456 e. The number of nitrogens with two attached hydrogens (primary N) is 1. The smallest absolute Gasteiger partial charge is 0.449 e. The summed E-state index contributed by atoms with van der Waals surface area (Å²) in [6, 6.07) is 1.30. The first-order valence-electron chi connectivity index (χ1n) is 6.47. The molecule has 0 aliphatic heterocycles. The summed E-state index contributed by atoms with van der Waals surface area (Å²) in [6.45, 7) is 1.26. The maximum absolute atomic E-state index is 12.7. The molecule has 0 aromatic carbocycles. The van der Waals surface area contributed by atoms with Gasteiger partial charge in [-0.3, -0.25) is 4.79 Å². The third kappa shape index (κ3) is 3.33. The van der Waals surface area contributed by atoms with Crippen molar-refractivity contribution in [3.8, 4) is 0 Å². The van der Waals surface area contributed by atoms with Gasteiger partial charge in [0.05, 0.1) is 0 Å². The Labute approximate surface area is 114 Å². The number of amides is 1. The van der Waals surface area contributed by atoms with E-state index in [2.05, 4.69) is 9.73 Å². The molecule has 20 heavy (non-hydrogen) atoms. The van der Waals surface area contributed by atoms with Crippen LogP contribution in [0.3, 0.4) is 0 Å². The van der Waals surface area contributed by atoms with Crippen LogP contribution in [0.5, 0.6) is 0 Å². The van der Waals surface area contributed by atoms with Gasteiger partial charge >= 0.3 is 6.18 Å². The second-order valence-electron chi connectivity index (χ2n) is 5.20. The predicted octanol–water partition coefficient (Wildman–Crippen LogP) is 2.35. The number of alkyl halides is 3. The van der Waals surface area contributed by atoms with Gasteiger partial charge < -0.3 is 15.5 Å². The van der Waals surface area contributed by atoms with Gasteiger partial charge in [-0.25, -0.2) is 0 Å². The van der Waals surface area contributed by atoms with Crippen LogP contribution in [0.2, 0.25) is 0 Å². The van der Waals surface area contributed by atoms with Crippen LogP contribution in [0.15, 0.2) is 10.5 Å². The van der Waals surface area contributed by atoms with E-state index in [4.69, 9.17) is 5.73 Å². The molecule has 0 saturated heterocycles. The molecule has 2 rings (SSSR count). The number of halogens is 3. The van der Waals surface area contributed by atoms with Gasteiger partial charge in [0.2, 0.25) is 11.7 Å². The highest BCUT2D eigenvalue weighted by atomic mass is 19.4. The number of carbonyl (C=O) groups excluding carboxylic acids is 1. The average molecular weight is 290 g/mol. The lowest BCUT2D eigenvalue weighted by atomic mass is 10.1. The SMILES string of the molecule is Cc1cc(CNC(=O)[C@H]2CC[C@@H](N)C2)c(C(F)(F)F)o1. The van der Waals surface area contributed by atoms with Crippen LogP contribution in [0.25, 0.3) is 0 Å². The molecule has 1 amide bonds. The van der Waals surface area contributed by atoms with E-state index in [0.717, 1.165) is 6.42 Å². The number of hydrogen-bond donors (Lipinski definition) is 2. The summed E-state index contributed by atoms with van der Waals surface area (Å²) in [4.78, 5) is 11.9. The molecule has 1 aliphatic rings. The van der Waals surface area contributed by atoms with Crippen molar-refractivity contribution < 1.29 is 22.4 Å². The number of nitrogens with one attached hydrogen (secondary N) is 1. The topological polar surface area (TPSA) is 68.3 Å². The zero-order valence-corrected chi connectivity index (χ0v) is 11.1. The van der Waals surface area contributed by atoms with Crippen LogP contribution in [-0.2, 0) is 17.5 Å². The van der Waals surface area contributed by atoms with E-state index in [1.807, 2.05) is 0 Å². The van der Waals surface area contributed by atoms with Crippen LogP contribution >= 0.6 is 0 Å². The van der Waals surface area contributed by atoms with E-state index in [9.17, 15) is 18.0 Å². The number of hydrogen-bond acceptors (Lipinski definition) is 3. The summed E-state index contributed by atoms with van der Waals surface area (Å²) in [5.41, 5.74) is 5.66. The van der Waals surface area contributed by atoms with Gasteiger partial charge in [-0.2, -0.15) is 13.2 Å². The van der Waals surface area contributed by atoms with E-state index >= 15 is 0 Å². The number of rotatable bonds is 3. The molecule has 0 spiro atoms. The highest BCUT2D eigenvalue weighted by Gasteiger charge is 2.38. The monoisotopic (exact) mass is 290 g/mol. The van der Waals surface area contributed by atoms with E-state index in [0.29, 0.717) is 12.8 Å². The number of aryl methyl sites for hydroxylation is 1. The van der Waals surface area contributed by atoms with Gasteiger partial charge in [0.1, 0.15) is 5.76 Å². The van der Waals surface area contributed by atoms with Crippen LogP contribution < -0.4 is 11.1 Å². The molecule has 3 N–H and O–H groups in total. The van der Waals surface area contributed by atoms with E-state index in [1.165, 1.54) is 13.0 Å². The summed E-state index contributed by atoms with van der Waals surface area (Å²) >= 11 is 0. The lowest BCUT2D eigenvalue weighted by molar-refractivity contribution is -0.154. The first kappa shape index (κ1) is 14.9. The molecular formula is C13H17F3N2O2. The standard InChI is InChI=1S/C13H17F3N2O2/c1-7-4-9(11(20-7)13(14,15)16)6-18-12(19)8-2-3-10(17)5-8/h4,8,10H,2-3,5-6,17H2,1H3,(H,18,19)/t8-,10+/m0/s1. The second-order valence-corrected chi connectivity index (χ2v) is 5.20. The van der Waals surface area contributed by atoms with Crippen molar-refractivity contribution in [2.45, 2.75) is 44.9 Å². The fourth-order valence-electron chi connectivity index (χ4n) is 2.52. The molecule has 1 saturated carbocycles. The first-order chi connectivity index (χ1) is 9.27. The fraction of sp³-hybridized carbons (Fsp3) is 0.615. The maximum atomic E-state index is 12.7. The average Bonchev–Trinajstić information content (AvgIpc) is 2.91. The van der Waals surface area contributed by atoms with Crippen molar-refractivity contribution in [3.63, 3.8) is 0 Å². The van der Waals surface area contributed by atoms with E-state index < -0.39 is 11.9 Å². The molecule has 0 bridgehead atoms. The summed E-state index contributed by atoms with van der Waals surface area (Å²) < 4.78 is 42.8. The Morgan fingerprint density at radius 2 is 2.20 bits per heavy atom. The molecule has 1 aromatic heterocycles. The molecule has 4 nitrogen and oxygen atoms in total. The van der Waals surface area contributed by atoms with Crippen molar-refractivity contribution in [1.82, 2.24) is 5.32 Å².